The van der Waals surface area contributed by atoms with Crippen LogP contribution in [0.15, 0.2) is 60.8 Å². The summed E-state index contributed by atoms with van der Waals surface area (Å²) in [5.41, 5.74) is 4.10. The summed E-state index contributed by atoms with van der Waals surface area (Å²) in [4.78, 5) is 23.6. The number of imidazole rings is 1. The number of rotatable bonds is 5. The number of nitrogens with zero attached hydrogens (tertiary/aromatic N) is 2. The van der Waals surface area contributed by atoms with Gasteiger partial charge in [-0.3, -0.25) is 9.78 Å². The maximum atomic E-state index is 11.7. The average Bonchev–Trinajstić information content (AvgIpc) is 3.11. The number of carbonyl (C=O) groups excluding carboxylic acids is 1. The molecule has 0 saturated heterocycles. The Labute approximate surface area is 162 Å². The van der Waals surface area contributed by atoms with Gasteiger partial charge in [-0.2, -0.15) is 0 Å². The number of hydrogen-bond acceptors (Lipinski definition) is 5. The third-order valence-electron chi connectivity index (χ3n) is 4.28. The molecule has 8 heteroatoms. The van der Waals surface area contributed by atoms with Crippen LogP contribution in [0.3, 0.4) is 0 Å². The number of para-hydroxylation sites is 1. The molecule has 138 valence electrons. The molecule has 2 aromatic heterocycles. The SMILES string of the molecule is Bc1ccccc1Nc1nc2ccc(Oc3ccnc(C(=O)NC)c3)cc2[nH]1. The van der Waals surface area contributed by atoms with Crippen LogP contribution >= 0.6 is 0 Å². The first kappa shape index (κ1) is 17.6. The van der Waals surface area contributed by atoms with E-state index in [1.54, 1.807) is 25.4 Å². The summed E-state index contributed by atoms with van der Waals surface area (Å²) in [7, 11) is 3.60. The van der Waals surface area contributed by atoms with Gasteiger partial charge in [0.2, 0.25) is 5.95 Å². The molecule has 0 spiro atoms. The summed E-state index contributed by atoms with van der Waals surface area (Å²) in [6.07, 6.45) is 1.54. The van der Waals surface area contributed by atoms with Gasteiger partial charge in [-0.25, -0.2) is 4.98 Å². The van der Waals surface area contributed by atoms with E-state index in [1.807, 2.05) is 50.3 Å². The van der Waals surface area contributed by atoms with Crippen LogP contribution in [0.25, 0.3) is 11.0 Å². The second-order valence-corrected chi connectivity index (χ2v) is 6.26. The molecule has 0 saturated carbocycles. The summed E-state index contributed by atoms with van der Waals surface area (Å²) in [5.74, 6) is 1.56. The number of amides is 1. The predicted octanol–water partition coefficient (Wildman–Crippen LogP) is 2.11. The highest BCUT2D eigenvalue weighted by Crippen LogP contribution is 2.26. The molecule has 0 aliphatic carbocycles. The number of aromatic nitrogens is 3. The van der Waals surface area contributed by atoms with Crippen molar-refractivity contribution < 1.29 is 9.53 Å². The Balaban J connectivity index is 1.57. The van der Waals surface area contributed by atoms with Gasteiger partial charge in [0.15, 0.2) is 0 Å². The molecule has 3 N–H and O–H groups in total. The zero-order valence-electron chi connectivity index (χ0n) is 15.5. The number of nitrogens with one attached hydrogen (secondary N) is 3. The van der Waals surface area contributed by atoms with E-state index in [9.17, 15) is 4.79 Å². The Morgan fingerprint density at radius 1 is 1.11 bits per heavy atom. The molecule has 0 atom stereocenters. The highest BCUT2D eigenvalue weighted by molar-refractivity contribution is 6.35. The Bertz CT molecular complexity index is 1160. The molecule has 0 aliphatic heterocycles. The number of hydrogen-bond donors (Lipinski definition) is 3. The van der Waals surface area contributed by atoms with E-state index in [-0.39, 0.29) is 5.91 Å². The van der Waals surface area contributed by atoms with Crippen molar-refractivity contribution in [1.82, 2.24) is 20.3 Å². The lowest BCUT2D eigenvalue weighted by atomic mass is 9.94. The molecule has 7 nitrogen and oxygen atoms in total. The molecular weight excluding hydrogens is 353 g/mol. The smallest absolute Gasteiger partial charge is 0.269 e. The quantitative estimate of drug-likeness (QED) is 0.468. The van der Waals surface area contributed by atoms with E-state index < -0.39 is 0 Å². The lowest BCUT2D eigenvalue weighted by Crippen LogP contribution is -2.18. The topological polar surface area (TPSA) is 91.9 Å². The predicted molar refractivity (Wildman–Crippen MR) is 112 cm³/mol. The van der Waals surface area contributed by atoms with Crippen LogP contribution in [-0.2, 0) is 0 Å². The third-order valence-corrected chi connectivity index (χ3v) is 4.28. The minimum absolute atomic E-state index is 0.263. The van der Waals surface area contributed by atoms with Crippen LogP contribution in [0.2, 0.25) is 0 Å². The number of carbonyl (C=O) groups is 1. The Kier molecular flexibility index (Phi) is 4.68. The molecule has 4 rings (SSSR count). The van der Waals surface area contributed by atoms with Crippen molar-refractivity contribution in [3.63, 3.8) is 0 Å². The monoisotopic (exact) mass is 371 g/mol. The number of aromatic amines is 1. The fourth-order valence-electron chi connectivity index (χ4n) is 2.82. The van der Waals surface area contributed by atoms with Gasteiger partial charge in [-0.15, -0.1) is 0 Å². The molecule has 2 heterocycles. The first-order valence-corrected chi connectivity index (χ1v) is 8.81. The molecule has 0 aliphatic rings. The van der Waals surface area contributed by atoms with Crippen LogP contribution in [-0.4, -0.2) is 35.8 Å². The van der Waals surface area contributed by atoms with Crippen LogP contribution in [0.4, 0.5) is 11.6 Å². The number of pyridine rings is 1. The van der Waals surface area contributed by atoms with Gasteiger partial charge in [0, 0.05) is 31.1 Å². The average molecular weight is 371 g/mol. The molecule has 1 amide bonds. The lowest BCUT2D eigenvalue weighted by Gasteiger charge is -2.06. The molecule has 4 aromatic rings. The van der Waals surface area contributed by atoms with Gasteiger partial charge >= 0.3 is 0 Å². The van der Waals surface area contributed by atoms with Crippen LogP contribution in [0.1, 0.15) is 10.5 Å². The Morgan fingerprint density at radius 2 is 1.93 bits per heavy atom. The van der Waals surface area contributed by atoms with Crippen molar-refractivity contribution in [3.8, 4) is 11.5 Å². The van der Waals surface area contributed by atoms with Gasteiger partial charge in [0.1, 0.15) is 25.0 Å². The van der Waals surface area contributed by atoms with E-state index in [1.165, 1.54) is 0 Å². The summed E-state index contributed by atoms with van der Waals surface area (Å²) < 4.78 is 5.88. The van der Waals surface area contributed by atoms with Crippen molar-refractivity contribution in [2.24, 2.45) is 0 Å². The first-order chi connectivity index (χ1) is 13.6. The summed E-state index contributed by atoms with van der Waals surface area (Å²) in [6.45, 7) is 0. The van der Waals surface area contributed by atoms with Gasteiger partial charge in [-0.05, 0) is 24.3 Å². The van der Waals surface area contributed by atoms with Gasteiger partial charge in [0.05, 0.1) is 11.0 Å². The Morgan fingerprint density at radius 3 is 2.75 bits per heavy atom. The number of benzene rings is 2. The molecule has 0 unspecified atom stereocenters. The van der Waals surface area contributed by atoms with E-state index in [0.29, 0.717) is 23.1 Å². The molecular formula is C20H18BN5O2. The van der Waals surface area contributed by atoms with Gasteiger partial charge < -0.3 is 20.4 Å². The molecule has 0 fully saturated rings. The molecule has 0 radical (unpaired) electrons. The third kappa shape index (κ3) is 3.66. The fraction of sp³-hybridized carbons (Fsp3) is 0.0500. The molecule has 28 heavy (non-hydrogen) atoms. The van der Waals surface area contributed by atoms with E-state index >= 15 is 0 Å². The minimum atomic E-state index is -0.263. The van der Waals surface area contributed by atoms with Crippen LogP contribution in [0, 0.1) is 0 Å². The zero-order chi connectivity index (χ0) is 19.5. The maximum Gasteiger partial charge on any atom is 0.269 e. The molecule has 0 bridgehead atoms. The summed E-state index contributed by atoms with van der Waals surface area (Å²) in [5, 5.41) is 5.84. The molecule has 2 aromatic carbocycles. The number of H-pyrrole nitrogens is 1. The second-order valence-electron chi connectivity index (χ2n) is 6.26. The maximum absolute atomic E-state index is 11.7. The van der Waals surface area contributed by atoms with Gasteiger partial charge in [0.25, 0.3) is 5.91 Å². The van der Waals surface area contributed by atoms with Crippen molar-refractivity contribution in [2.45, 2.75) is 0 Å². The van der Waals surface area contributed by atoms with Crippen molar-refractivity contribution >= 4 is 41.9 Å². The standard InChI is InChI=1S/C20H18BN5O2/c1-22-19(27)18-11-13(8-9-23-18)28-12-6-7-16-17(10-12)26-20(25-16)24-15-5-3-2-4-14(15)21/h2-11H,21H2,1H3,(H,22,27)(H2,24,25,26). The highest BCUT2D eigenvalue weighted by Gasteiger charge is 2.09. The number of fused-ring (bicyclic) bond motifs is 1. The van der Waals surface area contributed by atoms with E-state index in [4.69, 9.17) is 4.74 Å². The largest absolute Gasteiger partial charge is 0.457 e. The highest BCUT2D eigenvalue weighted by atomic mass is 16.5. The van der Waals surface area contributed by atoms with Crippen molar-refractivity contribution in [3.05, 3.63) is 66.5 Å². The van der Waals surface area contributed by atoms with E-state index in [2.05, 4.69) is 25.6 Å². The minimum Gasteiger partial charge on any atom is -0.457 e. The second kappa shape index (κ2) is 7.44. The van der Waals surface area contributed by atoms with Gasteiger partial charge in [-0.1, -0.05) is 23.7 Å². The lowest BCUT2D eigenvalue weighted by molar-refractivity contribution is 0.0958. The van der Waals surface area contributed by atoms with Crippen LogP contribution in [0.5, 0.6) is 11.5 Å². The first-order valence-electron chi connectivity index (χ1n) is 8.81. The summed E-state index contributed by atoms with van der Waals surface area (Å²) in [6, 6.07) is 16.9. The fourth-order valence-corrected chi connectivity index (χ4v) is 2.82. The normalized spacial score (nSPS) is 10.6. The number of ether oxygens (including phenoxy) is 1. The Hall–Kier alpha value is -3.81. The van der Waals surface area contributed by atoms with Crippen molar-refractivity contribution in [2.75, 3.05) is 12.4 Å². The van der Waals surface area contributed by atoms with Crippen molar-refractivity contribution in [1.29, 1.82) is 0 Å². The van der Waals surface area contributed by atoms with Crippen LogP contribution < -0.4 is 20.8 Å². The van der Waals surface area contributed by atoms with E-state index in [0.717, 1.165) is 22.2 Å². The zero-order valence-corrected chi connectivity index (χ0v) is 15.5. The number of anilines is 2. The summed E-state index contributed by atoms with van der Waals surface area (Å²) >= 11 is 0.